The number of nitrogens with one attached hydrogen (secondary N) is 1. The van der Waals surface area contributed by atoms with Crippen molar-refractivity contribution >= 4 is 17.3 Å². The molecular weight excluding hydrogens is 340 g/mol. The minimum Gasteiger partial charge on any atom is -0.377 e. The fourth-order valence-electron chi connectivity index (χ4n) is 2.99. The molecule has 1 aliphatic carbocycles. The van der Waals surface area contributed by atoms with E-state index in [2.05, 4.69) is 15.5 Å². The molecule has 0 radical (unpaired) electrons. The number of rotatable bonds is 5. The maximum atomic E-state index is 12.6. The van der Waals surface area contributed by atoms with E-state index in [-0.39, 0.29) is 5.91 Å². The number of carbonyl (C=O) groups excluding carboxylic acids is 1. The highest BCUT2D eigenvalue weighted by Gasteiger charge is 2.29. The van der Waals surface area contributed by atoms with Gasteiger partial charge in [-0.2, -0.15) is 4.98 Å². The smallest absolute Gasteiger partial charge is 0.255 e. The molecule has 0 aliphatic heterocycles. The Morgan fingerprint density at radius 3 is 2.56 bits per heavy atom. The first-order valence-electron chi connectivity index (χ1n) is 9.04. The summed E-state index contributed by atoms with van der Waals surface area (Å²) < 4.78 is 5.30. The molecule has 0 bridgehead atoms. The van der Waals surface area contributed by atoms with Crippen molar-refractivity contribution in [2.24, 2.45) is 0 Å². The molecule has 1 N–H and O–H groups in total. The van der Waals surface area contributed by atoms with Gasteiger partial charge in [-0.05, 0) is 49.6 Å². The van der Waals surface area contributed by atoms with E-state index in [1.807, 2.05) is 56.3 Å². The van der Waals surface area contributed by atoms with E-state index < -0.39 is 0 Å². The van der Waals surface area contributed by atoms with Gasteiger partial charge in [-0.3, -0.25) is 4.79 Å². The summed E-state index contributed by atoms with van der Waals surface area (Å²) in [4.78, 5) is 19.0. The topological polar surface area (TPSA) is 71.3 Å². The lowest BCUT2D eigenvalue weighted by Crippen LogP contribution is -2.14. The zero-order valence-electron chi connectivity index (χ0n) is 15.7. The molecule has 0 unspecified atom stereocenters. The van der Waals surface area contributed by atoms with Gasteiger partial charge in [0.2, 0.25) is 11.7 Å². The summed E-state index contributed by atoms with van der Waals surface area (Å²) >= 11 is 0. The van der Waals surface area contributed by atoms with Crippen LogP contribution in [0.3, 0.4) is 0 Å². The van der Waals surface area contributed by atoms with E-state index in [0.717, 1.165) is 35.3 Å². The van der Waals surface area contributed by atoms with Crippen LogP contribution in [0.4, 0.5) is 11.4 Å². The summed E-state index contributed by atoms with van der Waals surface area (Å²) in [6.07, 6.45) is 2.24. The molecule has 6 heteroatoms. The molecule has 138 valence electrons. The predicted molar refractivity (Wildman–Crippen MR) is 105 cm³/mol. The lowest BCUT2D eigenvalue weighted by molar-refractivity contribution is 0.102. The van der Waals surface area contributed by atoms with E-state index in [0.29, 0.717) is 23.2 Å². The fourth-order valence-corrected chi connectivity index (χ4v) is 2.99. The molecule has 1 saturated carbocycles. The molecule has 27 heavy (non-hydrogen) atoms. The van der Waals surface area contributed by atoms with E-state index in [1.165, 1.54) is 0 Å². The van der Waals surface area contributed by atoms with Crippen LogP contribution in [0.25, 0.3) is 11.4 Å². The Labute approximate surface area is 158 Å². The first-order valence-corrected chi connectivity index (χ1v) is 9.04. The van der Waals surface area contributed by atoms with E-state index >= 15 is 0 Å². The third-order valence-electron chi connectivity index (χ3n) is 4.72. The van der Waals surface area contributed by atoms with Crippen LogP contribution in [0.5, 0.6) is 0 Å². The van der Waals surface area contributed by atoms with Crippen molar-refractivity contribution in [3.8, 4) is 11.4 Å². The molecule has 4 rings (SSSR count). The molecule has 0 saturated heterocycles. The largest absolute Gasteiger partial charge is 0.377 e. The summed E-state index contributed by atoms with van der Waals surface area (Å²) in [6.45, 7) is 2.05. The fraction of sp³-hybridized carbons (Fsp3) is 0.286. The van der Waals surface area contributed by atoms with Crippen LogP contribution in [0.15, 0.2) is 47.0 Å². The van der Waals surface area contributed by atoms with Crippen LogP contribution in [-0.2, 0) is 0 Å². The van der Waals surface area contributed by atoms with Gasteiger partial charge in [-0.25, -0.2) is 0 Å². The Morgan fingerprint density at radius 2 is 1.89 bits per heavy atom. The monoisotopic (exact) mass is 362 g/mol. The number of hydrogen-bond acceptors (Lipinski definition) is 5. The number of hydrogen-bond donors (Lipinski definition) is 1. The summed E-state index contributed by atoms with van der Waals surface area (Å²) in [6, 6.07) is 13.1. The van der Waals surface area contributed by atoms with Crippen LogP contribution in [-0.4, -0.2) is 30.1 Å². The summed E-state index contributed by atoms with van der Waals surface area (Å²) in [7, 11) is 3.97. The normalized spacial score (nSPS) is 13.4. The van der Waals surface area contributed by atoms with E-state index in [4.69, 9.17) is 4.52 Å². The lowest BCUT2D eigenvalue weighted by atomic mass is 10.1. The van der Waals surface area contributed by atoms with Crippen molar-refractivity contribution in [2.75, 3.05) is 24.3 Å². The van der Waals surface area contributed by atoms with Gasteiger partial charge in [0, 0.05) is 42.5 Å². The molecule has 6 nitrogen and oxygen atoms in total. The molecule has 0 atom stereocenters. The van der Waals surface area contributed by atoms with Crippen molar-refractivity contribution in [1.82, 2.24) is 10.1 Å². The summed E-state index contributed by atoms with van der Waals surface area (Å²) in [5, 5.41) is 6.98. The van der Waals surface area contributed by atoms with Gasteiger partial charge in [-0.15, -0.1) is 0 Å². The van der Waals surface area contributed by atoms with Crippen LogP contribution in [0.2, 0.25) is 0 Å². The van der Waals surface area contributed by atoms with Gasteiger partial charge >= 0.3 is 0 Å². The highest BCUT2D eigenvalue weighted by Crippen LogP contribution is 2.39. The Bertz CT molecular complexity index is 972. The Kier molecular flexibility index (Phi) is 4.39. The van der Waals surface area contributed by atoms with Gasteiger partial charge in [0.05, 0.1) is 0 Å². The quantitative estimate of drug-likeness (QED) is 0.735. The number of aromatic nitrogens is 2. The SMILES string of the molecule is Cc1ccc(NC(=O)c2ccc(-c3noc(C4CC4)n3)cc2)cc1N(C)C. The van der Waals surface area contributed by atoms with Gasteiger partial charge in [-0.1, -0.05) is 23.4 Å². The van der Waals surface area contributed by atoms with Crippen molar-refractivity contribution < 1.29 is 9.32 Å². The number of amides is 1. The number of anilines is 2. The first-order chi connectivity index (χ1) is 13.0. The Hall–Kier alpha value is -3.15. The molecule has 1 aliphatic rings. The Morgan fingerprint density at radius 1 is 1.15 bits per heavy atom. The average Bonchev–Trinajstić information content (AvgIpc) is 3.40. The van der Waals surface area contributed by atoms with Crippen molar-refractivity contribution in [3.05, 3.63) is 59.5 Å². The minimum absolute atomic E-state index is 0.151. The van der Waals surface area contributed by atoms with Gasteiger partial charge in [0.25, 0.3) is 5.91 Å². The zero-order chi connectivity index (χ0) is 19.0. The number of benzene rings is 2. The highest BCUT2D eigenvalue weighted by molar-refractivity contribution is 6.04. The van der Waals surface area contributed by atoms with Crippen LogP contribution < -0.4 is 10.2 Å². The molecule has 1 fully saturated rings. The molecule has 3 aromatic rings. The lowest BCUT2D eigenvalue weighted by Gasteiger charge is -2.17. The average molecular weight is 362 g/mol. The molecule has 2 aromatic carbocycles. The maximum Gasteiger partial charge on any atom is 0.255 e. The van der Waals surface area contributed by atoms with Gasteiger partial charge in [0.15, 0.2) is 0 Å². The third kappa shape index (κ3) is 3.69. The second kappa shape index (κ2) is 6.87. The second-order valence-corrected chi connectivity index (χ2v) is 7.16. The molecule has 0 spiro atoms. The van der Waals surface area contributed by atoms with Crippen LogP contribution in [0, 0.1) is 6.92 Å². The predicted octanol–water partition coefficient (Wildman–Crippen LogP) is 4.24. The Balaban J connectivity index is 1.48. The van der Waals surface area contributed by atoms with Crippen molar-refractivity contribution in [2.45, 2.75) is 25.7 Å². The van der Waals surface area contributed by atoms with Crippen LogP contribution >= 0.6 is 0 Å². The van der Waals surface area contributed by atoms with Gasteiger partial charge in [0.1, 0.15) is 0 Å². The van der Waals surface area contributed by atoms with E-state index in [9.17, 15) is 4.79 Å². The minimum atomic E-state index is -0.151. The van der Waals surface area contributed by atoms with Crippen LogP contribution in [0.1, 0.15) is 40.6 Å². The third-order valence-corrected chi connectivity index (χ3v) is 4.72. The van der Waals surface area contributed by atoms with Crippen molar-refractivity contribution in [3.63, 3.8) is 0 Å². The highest BCUT2D eigenvalue weighted by atomic mass is 16.5. The number of aryl methyl sites for hydroxylation is 1. The molecule has 1 aromatic heterocycles. The number of nitrogens with zero attached hydrogens (tertiary/aromatic N) is 3. The standard InChI is InChI=1S/C21H22N4O2/c1-13-4-11-17(12-18(13)25(2)3)22-20(26)15-7-5-14(6-8-15)19-23-21(27-24-19)16-9-10-16/h4-8,11-12,16H,9-10H2,1-3H3,(H,22,26). The van der Waals surface area contributed by atoms with E-state index in [1.54, 1.807) is 12.1 Å². The molecule has 1 heterocycles. The molecule has 1 amide bonds. The van der Waals surface area contributed by atoms with Gasteiger partial charge < -0.3 is 14.7 Å². The second-order valence-electron chi connectivity index (χ2n) is 7.16. The van der Waals surface area contributed by atoms with Crippen molar-refractivity contribution in [1.29, 1.82) is 0 Å². The summed E-state index contributed by atoms with van der Waals surface area (Å²) in [5.74, 6) is 1.56. The maximum absolute atomic E-state index is 12.6. The zero-order valence-corrected chi connectivity index (χ0v) is 15.7. The number of carbonyl (C=O) groups is 1. The first kappa shape index (κ1) is 17.3. The molecular formula is C21H22N4O2. The summed E-state index contributed by atoms with van der Waals surface area (Å²) in [5.41, 5.74) is 4.43.